The van der Waals surface area contributed by atoms with Gasteiger partial charge in [0, 0.05) is 0 Å². The molecule has 0 spiro atoms. The fraction of sp³-hybridized carbons (Fsp3) is 0.308. The Morgan fingerprint density at radius 1 is 1.30 bits per heavy atom. The minimum atomic E-state index is -1.41. The summed E-state index contributed by atoms with van der Waals surface area (Å²) in [6.07, 6.45) is -1.98. The molecule has 1 aromatic carbocycles. The van der Waals surface area contributed by atoms with Crippen LogP contribution >= 0.6 is 11.6 Å². The summed E-state index contributed by atoms with van der Waals surface area (Å²) >= 11 is 5.11. The van der Waals surface area contributed by atoms with E-state index in [4.69, 9.17) is 21.4 Å². The molecule has 0 saturated heterocycles. The zero-order valence-corrected chi connectivity index (χ0v) is 11.5. The van der Waals surface area contributed by atoms with Crippen LogP contribution in [0.4, 0.5) is 4.79 Å². The molecule has 2 unspecified atom stereocenters. The van der Waals surface area contributed by atoms with Crippen molar-refractivity contribution in [1.82, 2.24) is 5.32 Å². The van der Waals surface area contributed by atoms with Crippen molar-refractivity contribution < 1.29 is 24.2 Å². The smallest absolute Gasteiger partial charge is 0.408 e. The lowest BCUT2D eigenvalue weighted by Gasteiger charge is -2.17. The second-order valence-electron chi connectivity index (χ2n) is 4.05. The SMILES string of the molecule is CC(OC(=O)NC(CC(=O)Cl)C(=O)O)c1ccccc1. The fourth-order valence-corrected chi connectivity index (χ4v) is 1.64. The van der Waals surface area contributed by atoms with Crippen molar-refractivity contribution >= 4 is 28.9 Å². The number of benzene rings is 1. The highest BCUT2D eigenvalue weighted by atomic mass is 35.5. The van der Waals surface area contributed by atoms with Gasteiger partial charge in [0.1, 0.15) is 12.1 Å². The first-order valence-corrected chi connectivity index (χ1v) is 6.21. The van der Waals surface area contributed by atoms with E-state index in [-0.39, 0.29) is 0 Å². The highest BCUT2D eigenvalue weighted by Crippen LogP contribution is 2.16. The van der Waals surface area contributed by atoms with Crippen molar-refractivity contribution in [3.63, 3.8) is 0 Å². The largest absolute Gasteiger partial charge is 0.480 e. The van der Waals surface area contributed by atoms with Gasteiger partial charge in [0.15, 0.2) is 0 Å². The number of amides is 1. The molecule has 0 aromatic heterocycles. The molecule has 0 aliphatic carbocycles. The van der Waals surface area contributed by atoms with E-state index in [0.717, 1.165) is 5.56 Å². The standard InChI is InChI=1S/C13H14ClNO5/c1-8(9-5-3-2-4-6-9)20-13(19)15-10(12(17)18)7-11(14)16/h2-6,8,10H,7H2,1H3,(H,15,19)(H,17,18). The minimum absolute atomic E-state index is 0.508. The Hall–Kier alpha value is -2.08. The van der Waals surface area contributed by atoms with Gasteiger partial charge in [-0.15, -0.1) is 0 Å². The van der Waals surface area contributed by atoms with E-state index < -0.39 is 35.9 Å². The van der Waals surface area contributed by atoms with Crippen molar-refractivity contribution in [3.8, 4) is 0 Å². The molecular formula is C13H14ClNO5. The third-order valence-electron chi connectivity index (χ3n) is 2.51. The van der Waals surface area contributed by atoms with Gasteiger partial charge in [0.2, 0.25) is 5.24 Å². The van der Waals surface area contributed by atoms with Gasteiger partial charge < -0.3 is 15.2 Å². The Morgan fingerprint density at radius 3 is 2.40 bits per heavy atom. The quantitative estimate of drug-likeness (QED) is 0.785. The van der Waals surface area contributed by atoms with Gasteiger partial charge >= 0.3 is 12.1 Å². The molecule has 6 nitrogen and oxygen atoms in total. The summed E-state index contributed by atoms with van der Waals surface area (Å²) in [5, 5.41) is 10.1. The maximum atomic E-state index is 11.6. The molecule has 1 amide bonds. The first-order chi connectivity index (χ1) is 9.40. The van der Waals surface area contributed by atoms with Gasteiger partial charge in [-0.2, -0.15) is 0 Å². The summed E-state index contributed by atoms with van der Waals surface area (Å²) in [5.41, 5.74) is 0.767. The number of carboxylic acid groups (broad SMARTS) is 1. The average Bonchev–Trinajstić information content (AvgIpc) is 2.38. The van der Waals surface area contributed by atoms with Crippen LogP contribution in [0.2, 0.25) is 0 Å². The number of carbonyl (C=O) groups excluding carboxylic acids is 2. The molecule has 0 heterocycles. The first kappa shape index (κ1) is 16.0. The highest BCUT2D eigenvalue weighted by molar-refractivity contribution is 6.63. The molecule has 0 aliphatic heterocycles. The second-order valence-corrected chi connectivity index (χ2v) is 4.47. The van der Waals surface area contributed by atoms with Crippen molar-refractivity contribution in [2.45, 2.75) is 25.5 Å². The zero-order chi connectivity index (χ0) is 15.1. The lowest BCUT2D eigenvalue weighted by molar-refractivity contribution is -0.140. The lowest BCUT2D eigenvalue weighted by atomic mass is 10.1. The lowest BCUT2D eigenvalue weighted by Crippen LogP contribution is -2.42. The van der Waals surface area contributed by atoms with E-state index >= 15 is 0 Å². The number of carboxylic acids is 1. The number of ether oxygens (including phenoxy) is 1. The summed E-state index contributed by atoms with van der Waals surface area (Å²) in [6, 6.07) is 7.54. The van der Waals surface area contributed by atoms with Gasteiger partial charge in [-0.05, 0) is 24.1 Å². The van der Waals surface area contributed by atoms with E-state index in [0.29, 0.717) is 0 Å². The van der Waals surface area contributed by atoms with Crippen LogP contribution in [-0.2, 0) is 14.3 Å². The number of hydrogen-bond acceptors (Lipinski definition) is 4. The molecule has 2 N–H and O–H groups in total. The van der Waals surface area contributed by atoms with Crippen LogP contribution in [0.3, 0.4) is 0 Å². The average molecular weight is 300 g/mol. The molecule has 108 valence electrons. The molecule has 1 aromatic rings. The van der Waals surface area contributed by atoms with Crippen molar-refractivity contribution in [1.29, 1.82) is 0 Å². The summed E-state index contributed by atoms with van der Waals surface area (Å²) in [4.78, 5) is 33.1. The van der Waals surface area contributed by atoms with Crippen LogP contribution in [-0.4, -0.2) is 28.5 Å². The molecule has 0 radical (unpaired) electrons. The van der Waals surface area contributed by atoms with Gasteiger partial charge in [0.05, 0.1) is 6.42 Å². The number of rotatable bonds is 6. The third kappa shape index (κ3) is 5.27. The van der Waals surface area contributed by atoms with Crippen LogP contribution in [0, 0.1) is 0 Å². The summed E-state index contributed by atoms with van der Waals surface area (Å²) in [7, 11) is 0. The van der Waals surface area contributed by atoms with E-state index in [2.05, 4.69) is 5.32 Å². The number of hydrogen-bond donors (Lipinski definition) is 2. The predicted molar refractivity (Wildman–Crippen MR) is 71.4 cm³/mol. The number of halogens is 1. The summed E-state index contributed by atoms with van der Waals surface area (Å²) in [6.45, 7) is 1.65. The van der Waals surface area contributed by atoms with E-state index in [1.165, 1.54) is 0 Å². The fourth-order valence-electron chi connectivity index (χ4n) is 1.49. The monoisotopic (exact) mass is 299 g/mol. The Morgan fingerprint density at radius 2 is 1.90 bits per heavy atom. The third-order valence-corrected chi connectivity index (χ3v) is 2.66. The first-order valence-electron chi connectivity index (χ1n) is 5.83. The van der Waals surface area contributed by atoms with Crippen LogP contribution in [0.5, 0.6) is 0 Å². The van der Waals surface area contributed by atoms with Crippen molar-refractivity contribution in [2.75, 3.05) is 0 Å². The molecule has 0 saturated carbocycles. The Labute approximate surface area is 120 Å². The van der Waals surface area contributed by atoms with Crippen LogP contribution < -0.4 is 5.32 Å². The topological polar surface area (TPSA) is 92.7 Å². The normalized spacial score (nSPS) is 13.1. The van der Waals surface area contributed by atoms with Gasteiger partial charge in [-0.3, -0.25) is 4.79 Å². The molecular weight excluding hydrogens is 286 g/mol. The summed E-state index contributed by atoms with van der Waals surface area (Å²) < 4.78 is 5.03. The van der Waals surface area contributed by atoms with Crippen LogP contribution in [0.25, 0.3) is 0 Å². The number of nitrogens with one attached hydrogen (secondary N) is 1. The maximum absolute atomic E-state index is 11.6. The Balaban J connectivity index is 2.57. The van der Waals surface area contributed by atoms with E-state index in [1.54, 1.807) is 31.2 Å². The zero-order valence-electron chi connectivity index (χ0n) is 10.7. The predicted octanol–water partition coefficient (Wildman–Crippen LogP) is 2.08. The molecule has 7 heteroatoms. The second kappa shape index (κ2) is 7.49. The van der Waals surface area contributed by atoms with Gasteiger partial charge in [-0.25, -0.2) is 9.59 Å². The molecule has 2 atom stereocenters. The van der Waals surface area contributed by atoms with E-state index in [1.807, 2.05) is 6.07 Å². The van der Waals surface area contributed by atoms with Gasteiger partial charge in [0.25, 0.3) is 0 Å². The van der Waals surface area contributed by atoms with Gasteiger partial charge in [-0.1, -0.05) is 30.3 Å². The summed E-state index contributed by atoms with van der Waals surface area (Å²) in [5.74, 6) is -1.36. The minimum Gasteiger partial charge on any atom is -0.480 e. The highest BCUT2D eigenvalue weighted by Gasteiger charge is 2.24. The molecule has 0 fully saturated rings. The molecule has 0 bridgehead atoms. The number of carbonyl (C=O) groups is 3. The van der Waals surface area contributed by atoms with E-state index in [9.17, 15) is 14.4 Å². The van der Waals surface area contributed by atoms with Crippen LogP contribution in [0.15, 0.2) is 30.3 Å². The Kier molecular flexibility index (Phi) is 5.99. The maximum Gasteiger partial charge on any atom is 0.408 e. The number of alkyl carbamates (subject to hydrolysis) is 1. The molecule has 0 aliphatic rings. The molecule has 1 rings (SSSR count). The molecule has 20 heavy (non-hydrogen) atoms. The van der Waals surface area contributed by atoms with Crippen molar-refractivity contribution in [2.24, 2.45) is 0 Å². The Bertz CT molecular complexity index is 491. The number of aliphatic carboxylic acids is 1. The van der Waals surface area contributed by atoms with Crippen molar-refractivity contribution in [3.05, 3.63) is 35.9 Å². The van der Waals surface area contributed by atoms with Crippen LogP contribution in [0.1, 0.15) is 25.0 Å².